The zero-order chi connectivity index (χ0) is 18.3. The molecule has 0 spiro atoms. The molecule has 0 bridgehead atoms. The predicted molar refractivity (Wildman–Crippen MR) is 97.7 cm³/mol. The third kappa shape index (κ3) is 2.85. The molecule has 1 aliphatic rings. The number of nitrogens with zero attached hydrogens (tertiary/aromatic N) is 2. The van der Waals surface area contributed by atoms with Crippen molar-refractivity contribution in [3.63, 3.8) is 0 Å². The molecule has 6 heteroatoms. The van der Waals surface area contributed by atoms with Crippen molar-refractivity contribution in [1.29, 1.82) is 0 Å². The maximum atomic E-state index is 13.6. The Kier molecular flexibility index (Phi) is 4.17. The Morgan fingerprint density at radius 1 is 1.00 bits per heavy atom. The highest BCUT2D eigenvalue weighted by Gasteiger charge is 2.37. The minimum atomic E-state index is -3.83. The highest BCUT2D eigenvalue weighted by molar-refractivity contribution is 7.89. The molecule has 0 aliphatic carbocycles. The molecule has 26 heavy (non-hydrogen) atoms. The second-order valence-corrected chi connectivity index (χ2v) is 8.40. The van der Waals surface area contributed by atoms with Crippen molar-refractivity contribution in [3.05, 3.63) is 89.5 Å². The van der Waals surface area contributed by atoms with Crippen molar-refractivity contribution in [2.75, 3.05) is 6.54 Å². The molecule has 1 atom stereocenters. The number of fused-ring (bicyclic) bond motifs is 1. The summed E-state index contributed by atoms with van der Waals surface area (Å²) >= 11 is 0. The molecule has 0 fully saturated rings. The molecule has 0 saturated heterocycles. The molecule has 0 N–H and O–H groups in total. The summed E-state index contributed by atoms with van der Waals surface area (Å²) in [6, 6.07) is 16.5. The average Bonchev–Trinajstić information content (AvgIpc) is 3.10. The van der Waals surface area contributed by atoms with Crippen LogP contribution in [0.3, 0.4) is 0 Å². The van der Waals surface area contributed by atoms with Crippen LogP contribution in [-0.4, -0.2) is 23.8 Å². The van der Waals surface area contributed by atoms with Gasteiger partial charge in [0.15, 0.2) is 0 Å². The summed E-state index contributed by atoms with van der Waals surface area (Å²) in [6.45, 7) is 2.90. The smallest absolute Gasteiger partial charge is 0.244 e. The normalized spacial score (nSPS) is 17.8. The van der Waals surface area contributed by atoms with E-state index in [0.29, 0.717) is 13.1 Å². The van der Waals surface area contributed by atoms with Gasteiger partial charge in [0.1, 0.15) is 5.82 Å². The zero-order valence-corrected chi connectivity index (χ0v) is 15.2. The van der Waals surface area contributed by atoms with Crippen LogP contribution >= 0.6 is 0 Å². The third-order valence-electron chi connectivity index (χ3n) is 4.79. The van der Waals surface area contributed by atoms with Crippen molar-refractivity contribution in [2.24, 2.45) is 0 Å². The molecular weight excluding hydrogens is 351 g/mol. The first-order valence-corrected chi connectivity index (χ1v) is 9.90. The minimum Gasteiger partial charge on any atom is -0.348 e. The van der Waals surface area contributed by atoms with Crippen LogP contribution in [0.5, 0.6) is 0 Å². The lowest BCUT2D eigenvalue weighted by atomic mass is 10.0. The predicted octanol–water partition coefficient (Wildman–Crippen LogP) is 3.73. The summed E-state index contributed by atoms with van der Waals surface area (Å²) in [5.74, 6) is -0.557. The lowest BCUT2D eigenvalue weighted by Gasteiger charge is -2.36. The molecule has 2 heterocycles. The molecule has 3 aromatic rings. The van der Waals surface area contributed by atoms with Gasteiger partial charge in [0.25, 0.3) is 0 Å². The molecule has 0 amide bonds. The highest BCUT2D eigenvalue weighted by atomic mass is 32.2. The standard InChI is InChI=1S/C20H19FN2O2S/c1-15-7-9-16(10-8-15)20-19-6-3-11-22(19)12-13-23(20)26(24,25)18-5-2-4-17(21)14-18/h2-11,14,20H,12-13H2,1H3/t20-/m0/s1. The fourth-order valence-electron chi connectivity index (χ4n) is 3.47. The van der Waals surface area contributed by atoms with Crippen LogP contribution in [0.2, 0.25) is 0 Å². The summed E-state index contributed by atoms with van der Waals surface area (Å²) in [5.41, 5.74) is 2.93. The van der Waals surface area contributed by atoms with Crippen molar-refractivity contribution >= 4 is 10.0 Å². The van der Waals surface area contributed by atoms with Crippen LogP contribution < -0.4 is 0 Å². The Morgan fingerprint density at radius 2 is 1.77 bits per heavy atom. The molecule has 4 rings (SSSR count). The Hall–Kier alpha value is -2.44. The number of aromatic nitrogens is 1. The SMILES string of the molecule is Cc1ccc([C@H]2c3cccn3CCN2S(=O)(=O)c2cccc(F)c2)cc1. The van der Waals surface area contributed by atoms with E-state index in [0.717, 1.165) is 22.9 Å². The Balaban J connectivity index is 1.85. The van der Waals surface area contributed by atoms with Crippen molar-refractivity contribution in [3.8, 4) is 0 Å². The molecule has 0 saturated carbocycles. The molecule has 2 aromatic carbocycles. The quantitative estimate of drug-likeness (QED) is 0.705. The van der Waals surface area contributed by atoms with Gasteiger partial charge in [-0.3, -0.25) is 0 Å². The summed E-state index contributed by atoms with van der Waals surface area (Å²) in [6.07, 6.45) is 1.96. The largest absolute Gasteiger partial charge is 0.348 e. The molecular formula is C20H19FN2O2S. The fourth-order valence-corrected chi connectivity index (χ4v) is 5.08. The third-order valence-corrected chi connectivity index (χ3v) is 6.65. The maximum absolute atomic E-state index is 13.6. The van der Waals surface area contributed by atoms with Gasteiger partial charge >= 0.3 is 0 Å². The number of sulfonamides is 1. The van der Waals surface area contributed by atoms with E-state index in [9.17, 15) is 12.8 Å². The lowest BCUT2D eigenvalue weighted by Crippen LogP contribution is -2.42. The van der Waals surface area contributed by atoms with Gasteiger partial charge in [-0.1, -0.05) is 35.9 Å². The van der Waals surface area contributed by atoms with Gasteiger partial charge < -0.3 is 4.57 Å². The van der Waals surface area contributed by atoms with Crippen LogP contribution in [0.1, 0.15) is 22.9 Å². The first-order chi connectivity index (χ1) is 12.5. The average molecular weight is 370 g/mol. The van der Waals surface area contributed by atoms with E-state index in [4.69, 9.17) is 0 Å². The lowest BCUT2D eigenvalue weighted by molar-refractivity contribution is 0.298. The Bertz CT molecular complexity index is 1040. The van der Waals surface area contributed by atoms with Crippen molar-refractivity contribution < 1.29 is 12.8 Å². The van der Waals surface area contributed by atoms with E-state index in [1.54, 1.807) is 0 Å². The van der Waals surface area contributed by atoms with Gasteiger partial charge in [-0.2, -0.15) is 4.31 Å². The van der Waals surface area contributed by atoms with E-state index in [1.165, 1.54) is 22.5 Å². The van der Waals surface area contributed by atoms with Crippen LogP contribution in [0.25, 0.3) is 0 Å². The van der Waals surface area contributed by atoms with Crippen LogP contribution in [0.4, 0.5) is 4.39 Å². The summed E-state index contributed by atoms with van der Waals surface area (Å²) in [7, 11) is -3.83. The summed E-state index contributed by atoms with van der Waals surface area (Å²) in [4.78, 5) is -0.0189. The van der Waals surface area contributed by atoms with Crippen LogP contribution in [-0.2, 0) is 16.6 Å². The highest BCUT2D eigenvalue weighted by Crippen LogP contribution is 2.36. The first-order valence-electron chi connectivity index (χ1n) is 8.46. The maximum Gasteiger partial charge on any atom is 0.244 e. The molecule has 1 aliphatic heterocycles. The number of rotatable bonds is 3. The molecule has 134 valence electrons. The minimum absolute atomic E-state index is 0.0189. The summed E-state index contributed by atoms with van der Waals surface area (Å²) in [5, 5.41) is 0. The number of hydrogen-bond acceptors (Lipinski definition) is 2. The Labute approximate surface area is 152 Å². The number of aryl methyl sites for hydroxylation is 1. The number of hydrogen-bond donors (Lipinski definition) is 0. The first kappa shape index (κ1) is 17.0. The molecule has 0 unspecified atom stereocenters. The summed E-state index contributed by atoms with van der Waals surface area (Å²) < 4.78 is 43.7. The van der Waals surface area contributed by atoms with E-state index < -0.39 is 21.9 Å². The molecule has 4 nitrogen and oxygen atoms in total. The van der Waals surface area contributed by atoms with Gasteiger partial charge in [0, 0.05) is 25.0 Å². The second-order valence-electron chi connectivity index (χ2n) is 6.51. The van der Waals surface area contributed by atoms with Gasteiger partial charge in [-0.15, -0.1) is 0 Å². The van der Waals surface area contributed by atoms with E-state index in [-0.39, 0.29) is 4.90 Å². The fraction of sp³-hybridized carbons (Fsp3) is 0.200. The molecule has 1 aromatic heterocycles. The van der Waals surface area contributed by atoms with E-state index in [2.05, 4.69) is 4.57 Å². The van der Waals surface area contributed by atoms with Gasteiger partial charge in [-0.25, -0.2) is 12.8 Å². The van der Waals surface area contributed by atoms with Crippen LogP contribution in [0, 0.1) is 12.7 Å². The monoisotopic (exact) mass is 370 g/mol. The van der Waals surface area contributed by atoms with Gasteiger partial charge in [-0.05, 0) is 42.8 Å². The number of benzene rings is 2. The van der Waals surface area contributed by atoms with E-state index in [1.807, 2.05) is 49.5 Å². The van der Waals surface area contributed by atoms with E-state index >= 15 is 0 Å². The Morgan fingerprint density at radius 3 is 2.50 bits per heavy atom. The van der Waals surface area contributed by atoms with Gasteiger partial charge in [0.05, 0.1) is 10.9 Å². The second kappa shape index (κ2) is 6.37. The van der Waals surface area contributed by atoms with Crippen LogP contribution in [0.15, 0.2) is 71.8 Å². The van der Waals surface area contributed by atoms with Crippen molar-refractivity contribution in [2.45, 2.75) is 24.4 Å². The number of halogens is 1. The van der Waals surface area contributed by atoms with Gasteiger partial charge in [0.2, 0.25) is 10.0 Å². The van der Waals surface area contributed by atoms with Crippen molar-refractivity contribution in [1.82, 2.24) is 8.87 Å². The zero-order valence-electron chi connectivity index (χ0n) is 14.3. The molecule has 0 radical (unpaired) electrons. The topological polar surface area (TPSA) is 42.3 Å².